The van der Waals surface area contributed by atoms with E-state index in [-0.39, 0.29) is 11.6 Å². The molecule has 0 saturated carbocycles. The molecule has 0 radical (unpaired) electrons. The van der Waals surface area contributed by atoms with Crippen LogP contribution in [0.5, 0.6) is 0 Å². The topological polar surface area (TPSA) is 119 Å². The fourth-order valence-electron chi connectivity index (χ4n) is 3.03. The summed E-state index contributed by atoms with van der Waals surface area (Å²) in [5.74, 6) is 1.07. The maximum Gasteiger partial charge on any atom is 0.167 e. The molecule has 8 nitrogen and oxygen atoms in total. The SMILES string of the molecule is Nc1ncnc2c1ncn2[C@@H]1O[C@H](CSCc2ccc(F)cc2)[C@@H](O)[C@H]1O. The van der Waals surface area contributed by atoms with E-state index in [0.717, 1.165) is 5.56 Å². The maximum atomic E-state index is 13.0. The van der Waals surface area contributed by atoms with Crippen molar-refractivity contribution in [2.24, 2.45) is 0 Å². The van der Waals surface area contributed by atoms with Crippen molar-refractivity contribution in [2.75, 3.05) is 11.5 Å². The average molecular weight is 391 g/mol. The molecule has 3 heterocycles. The van der Waals surface area contributed by atoms with E-state index in [9.17, 15) is 14.6 Å². The van der Waals surface area contributed by atoms with Gasteiger partial charge in [0.15, 0.2) is 17.7 Å². The number of nitrogens with two attached hydrogens (primary N) is 1. The highest BCUT2D eigenvalue weighted by molar-refractivity contribution is 7.98. The number of ether oxygens (including phenoxy) is 1. The summed E-state index contributed by atoms with van der Waals surface area (Å²) < 4.78 is 20.4. The molecule has 1 saturated heterocycles. The number of hydrogen-bond acceptors (Lipinski definition) is 8. The molecule has 27 heavy (non-hydrogen) atoms. The molecule has 10 heteroatoms. The Labute approximate surface area is 158 Å². The first kappa shape index (κ1) is 18.1. The summed E-state index contributed by atoms with van der Waals surface area (Å²) in [7, 11) is 0. The van der Waals surface area contributed by atoms with Crippen LogP contribution < -0.4 is 5.73 Å². The maximum absolute atomic E-state index is 13.0. The number of nitrogens with zero attached hydrogens (tertiary/aromatic N) is 4. The second kappa shape index (κ2) is 7.39. The van der Waals surface area contributed by atoms with E-state index in [1.807, 2.05) is 0 Å². The first-order valence-corrected chi connectivity index (χ1v) is 9.47. The van der Waals surface area contributed by atoms with Crippen LogP contribution in [0.2, 0.25) is 0 Å². The van der Waals surface area contributed by atoms with Crippen molar-refractivity contribution in [1.29, 1.82) is 0 Å². The third-order valence-corrected chi connectivity index (χ3v) is 5.56. The van der Waals surface area contributed by atoms with Crippen LogP contribution >= 0.6 is 11.8 Å². The van der Waals surface area contributed by atoms with Crippen LogP contribution in [0.1, 0.15) is 11.8 Å². The smallest absolute Gasteiger partial charge is 0.167 e. The first-order chi connectivity index (χ1) is 13.0. The fraction of sp³-hybridized carbons (Fsp3) is 0.353. The third-order valence-electron chi connectivity index (χ3n) is 4.46. The van der Waals surface area contributed by atoms with Gasteiger partial charge in [0.25, 0.3) is 0 Å². The Morgan fingerprint density at radius 3 is 2.70 bits per heavy atom. The largest absolute Gasteiger partial charge is 0.387 e. The Kier molecular flexibility index (Phi) is 4.96. The molecular weight excluding hydrogens is 373 g/mol. The normalized spacial score (nSPS) is 25.3. The summed E-state index contributed by atoms with van der Waals surface area (Å²) >= 11 is 1.53. The molecule has 1 fully saturated rings. The molecule has 1 aromatic carbocycles. The number of hydrogen-bond donors (Lipinski definition) is 3. The lowest BCUT2D eigenvalue weighted by molar-refractivity contribution is -0.0289. The van der Waals surface area contributed by atoms with Crippen LogP contribution in [-0.4, -0.2) is 53.8 Å². The Morgan fingerprint density at radius 2 is 1.93 bits per heavy atom. The number of benzene rings is 1. The summed E-state index contributed by atoms with van der Waals surface area (Å²) in [4.78, 5) is 12.2. The van der Waals surface area contributed by atoms with Crippen LogP contribution in [0, 0.1) is 5.82 Å². The summed E-state index contributed by atoms with van der Waals surface area (Å²) in [6, 6.07) is 6.25. The van der Waals surface area contributed by atoms with Crippen molar-refractivity contribution in [1.82, 2.24) is 19.5 Å². The fourth-order valence-corrected chi connectivity index (χ4v) is 4.08. The van der Waals surface area contributed by atoms with Crippen LogP contribution in [0.4, 0.5) is 10.2 Å². The first-order valence-electron chi connectivity index (χ1n) is 8.31. The standard InChI is InChI=1S/C17H18FN5O3S/c18-10-3-1-9(2-4-10)5-27-6-11-13(24)14(25)17(26-11)23-8-22-12-15(19)20-7-21-16(12)23/h1-4,7-8,11,13-14,17,24-25H,5-6H2,(H2,19,20,21)/t11-,13-,14-,17-/m1/s1. The predicted octanol–water partition coefficient (Wildman–Crippen LogP) is 1.10. The van der Waals surface area contributed by atoms with Crippen molar-refractivity contribution in [2.45, 2.75) is 30.3 Å². The summed E-state index contributed by atoms with van der Waals surface area (Å²) in [6.45, 7) is 0. The Balaban J connectivity index is 1.44. The number of fused-ring (bicyclic) bond motifs is 1. The van der Waals surface area contributed by atoms with E-state index in [1.54, 1.807) is 16.7 Å². The molecule has 1 aliphatic heterocycles. The van der Waals surface area contributed by atoms with Crippen molar-refractivity contribution < 1.29 is 19.3 Å². The molecule has 142 valence electrons. The molecule has 4 atom stereocenters. The second-order valence-electron chi connectivity index (χ2n) is 6.27. The van der Waals surface area contributed by atoms with Gasteiger partial charge in [-0.3, -0.25) is 4.57 Å². The van der Waals surface area contributed by atoms with Crippen LogP contribution in [0.3, 0.4) is 0 Å². The Bertz CT molecular complexity index is 938. The number of rotatable bonds is 5. The molecule has 0 unspecified atom stereocenters. The van der Waals surface area contributed by atoms with Crippen molar-refractivity contribution >= 4 is 28.7 Å². The lowest BCUT2D eigenvalue weighted by Crippen LogP contribution is -2.32. The number of aromatic nitrogens is 4. The molecule has 0 amide bonds. The molecule has 0 aliphatic carbocycles. The lowest BCUT2D eigenvalue weighted by atomic mass is 10.1. The van der Waals surface area contributed by atoms with Crippen molar-refractivity contribution in [3.63, 3.8) is 0 Å². The van der Waals surface area contributed by atoms with Gasteiger partial charge in [0.05, 0.1) is 12.4 Å². The number of anilines is 1. The zero-order valence-corrected chi connectivity index (χ0v) is 15.0. The minimum absolute atomic E-state index is 0.234. The van der Waals surface area contributed by atoms with Gasteiger partial charge in [0.2, 0.25) is 0 Å². The van der Waals surface area contributed by atoms with Crippen molar-refractivity contribution in [3.05, 3.63) is 48.3 Å². The predicted molar refractivity (Wildman–Crippen MR) is 98.2 cm³/mol. The van der Waals surface area contributed by atoms with E-state index >= 15 is 0 Å². The number of aliphatic hydroxyl groups excluding tert-OH is 2. The minimum Gasteiger partial charge on any atom is -0.387 e. The van der Waals surface area contributed by atoms with E-state index in [1.165, 1.54) is 36.5 Å². The van der Waals surface area contributed by atoms with Crippen LogP contribution in [0.15, 0.2) is 36.9 Å². The summed E-state index contributed by atoms with van der Waals surface area (Å²) in [5.41, 5.74) is 7.60. The van der Waals surface area contributed by atoms with Gasteiger partial charge in [-0.25, -0.2) is 19.3 Å². The van der Waals surface area contributed by atoms with Gasteiger partial charge < -0.3 is 20.7 Å². The van der Waals surface area contributed by atoms with Gasteiger partial charge >= 0.3 is 0 Å². The quantitative estimate of drug-likeness (QED) is 0.592. The van der Waals surface area contributed by atoms with Crippen LogP contribution in [-0.2, 0) is 10.5 Å². The van der Waals surface area contributed by atoms with E-state index in [4.69, 9.17) is 10.5 Å². The van der Waals surface area contributed by atoms with E-state index < -0.39 is 24.5 Å². The number of thioether (sulfide) groups is 1. The zero-order chi connectivity index (χ0) is 19.0. The highest BCUT2D eigenvalue weighted by atomic mass is 32.2. The second-order valence-corrected chi connectivity index (χ2v) is 7.30. The van der Waals surface area contributed by atoms with Gasteiger partial charge in [-0.05, 0) is 17.7 Å². The Morgan fingerprint density at radius 1 is 1.15 bits per heavy atom. The number of halogens is 1. The van der Waals surface area contributed by atoms with Gasteiger partial charge in [-0.15, -0.1) is 0 Å². The highest BCUT2D eigenvalue weighted by Gasteiger charge is 2.44. The summed E-state index contributed by atoms with van der Waals surface area (Å²) in [5, 5.41) is 20.8. The molecule has 3 aromatic rings. The lowest BCUT2D eigenvalue weighted by Gasteiger charge is -2.16. The zero-order valence-electron chi connectivity index (χ0n) is 14.1. The molecular formula is C17H18FN5O3S. The van der Waals surface area contributed by atoms with Crippen LogP contribution in [0.25, 0.3) is 11.2 Å². The molecule has 0 spiro atoms. The number of aliphatic hydroxyl groups is 2. The summed E-state index contributed by atoms with van der Waals surface area (Å²) in [6.07, 6.45) is -0.793. The molecule has 4 N–H and O–H groups in total. The molecule has 1 aliphatic rings. The van der Waals surface area contributed by atoms with Gasteiger partial charge in [0, 0.05) is 11.5 Å². The molecule has 0 bridgehead atoms. The number of nitrogen functional groups attached to an aromatic ring is 1. The highest BCUT2D eigenvalue weighted by Crippen LogP contribution is 2.33. The molecule has 2 aromatic heterocycles. The third kappa shape index (κ3) is 3.48. The van der Waals surface area contributed by atoms with Gasteiger partial charge in [-0.2, -0.15) is 11.8 Å². The monoisotopic (exact) mass is 391 g/mol. The van der Waals surface area contributed by atoms with Crippen molar-refractivity contribution in [3.8, 4) is 0 Å². The van der Waals surface area contributed by atoms with E-state index in [0.29, 0.717) is 22.7 Å². The van der Waals surface area contributed by atoms with Gasteiger partial charge in [-0.1, -0.05) is 12.1 Å². The van der Waals surface area contributed by atoms with Gasteiger partial charge in [0.1, 0.15) is 29.9 Å². The number of imidazole rings is 1. The van der Waals surface area contributed by atoms with E-state index in [2.05, 4.69) is 15.0 Å². The molecule has 4 rings (SSSR count). The minimum atomic E-state index is -1.13. The Hall–Kier alpha value is -2.27. The average Bonchev–Trinajstić information content (AvgIpc) is 3.21.